The predicted molar refractivity (Wildman–Crippen MR) is 76.3 cm³/mol. The summed E-state index contributed by atoms with van der Waals surface area (Å²) in [5, 5.41) is 5.18. The summed E-state index contributed by atoms with van der Waals surface area (Å²) in [5.41, 5.74) is 1.47. The van der Waals surface area contributed by atoms with Crippen LogP contribution in [0.1, 0.15) is 24.0 Å². The molecule has 1 aliphatic heterocycles. The minimum Gasteiger partial charge on any atom is -0.493 e. The maximum atomic E-state index is 11.4. The van der Waals surface area contributed by atoms with E-state index in [1.807, 2.05) is 6.92 Å². The number of hydrogen-bond acceptors (Lipinski definition) is 4. The Morgan fingerprint density at radius 1 is 1.25 bits per heavy atom. The number of hydrogen-bond donors (Lipinski definition) is 1. The molecule has 0 aromatic heterocycles. The summed E-state index contributed by atoms with van der Waals surface area (Å²) in [6.45, 7) is 5.81. The fourth-order valence-corrected chi connectivity index (χ4v) is 3.19. The molecule has 0 aliphatic carbocycles. The van der Waals surface area contributed by atoms with Crippen molar-refractivity contribution in [3.05, 3.63) is 23.3 Å². The fraction of sp³-hybridized carbons (Fsp3) is 0.571. The van der Waals surface area contributed by atoms with Crippen LogP contribution in [0.2, 0.25) is 0 Å². The van der Waals surface area contributed by atoms with Crippen LogP contribution in [0, 0.1) is 19.8 Å². The van der Waals surface area contributed by atoms with Crippen LogP contribution < -0.4 is 9.88 Å². The molecule has 0 spiro atoms. The summed E-state index contributed by atoms with van der Waals surface area (Å²) in [5.74, 6) is 1.22. The second kappa shape index (κ2) is 6.11. The van der Waals surface area contributed by atoms with E-state index in [0.717, 1.165) is 37.4 Å². The zero-order chi connectivity index (χ0) is 14.8. The molecule has 0 saturated carbocycles. The van der Waals surface area contributed by atoms with Crippen molar-refractivity contribution in [1.29, 1.82) is 0 Å². The highest BCUT2D eigenvalue weighted by atomic mass is 32.2. The van der Waals surface area contributed by atoms with Crippen LogP contribution in [0.4, 0.5) is 0 Å². The van der Waals surface area contributed by atoms with Crippen LogP contribution in [-0.2, 0) is 14.8 Å². The van der Waals surface area contributed by atoms with Crippen molar-refractivity contribution in [2.45, 2.75) is 31.6 Å². The molecule has 1 aromatic carbocycles. The first-order chi connectivity index (χ1) is 9.39. The van der Waals surface area contributed by atoms with Gasteiger partial charge in [-0.25, -0.2) is 13.6 Å². The number of nitrogens with two attached hydrogens (primary N) is 1. The van der Waals surface area contributed by atoms with E-state index in [-0.39, 0.29) is 4.90 Å². The van der Waals surface area contributed by atoms with E-state index in [1.165, 1.54) is 6.07 Å². The third kappa shape index (κ3) is 3.50. The number of primary sulfonamides is 1. The Kier molecular flexibility index (Phi) is 4.67. The molecular weight excluding hydrogens is 278 g/mol. The molecule has 2 N–H and O–H groups in total. The van der Waals surface area contributed by atoms with Crippen molar-refractivity contribution in [2.24, 2.45) is 11.1 Å². The Morgan fingerprint density at radius 3 is 2.50 bits per heavy atom. The predicted octanol–water partition coefficient (Wildman–Crippen LogP) is 1.76. The largest absolute Gasteiger partial charge is 0.493 e. The lowest BCUT2D eigenvalue weighted by Gasteiger charge is -2.23. The molecule has 0 radical (unpaired) electrons. The smallest absolute Gasteiger partial charge is 0.238 e. The van der Waals surface area contributed by atoms with E-state index in [2.05, 4.69) is 0 Å². The Balaban J connectivity index is 2.11. The average molecular weight is 299 g/mol. The molecule has 0 unspecified atom stereocenters. The molecule has 1 saturated heterocycles. The van der Waals surface area contributed by atoms with E-state index in [0.29, 0.717) is 18.1 Å². The summed E-state index contributed by atoms with van der Waals surface area (Å²) in [6, 6.07) is 3.19. The highest BCUT2D eigenvalue weighted by Crippen LogP contribution is 2.27. The van der Waals surface area contributed by atoms with Crippen molar-refractivity contribution in [3.8, 4) is 5.75 Å². The number of sulfonamides is 1. The molecule has 1 aliphatic rings. The Morgan fingerprint density at radius 2 is 1.90 bits per heavy atom. The van der Waals surface area contributed by atoms with Crippen molar-refractivity contribution in [2.75, 3.05) is 19.8 Å². The van der Waals surface area contributed by atoms with Crippen LogP contribution >= 0.6 is 0 Å². The Hall–Kier alpha value is -1.11. The fourth-order valence-electron chi connectivity index (χ4n) is 2.36. The summed E-state index contributed by atoms with van der Waals surface area (Å²) < 4.78 is 34.0. The highest BCUT2D eigenvalue weighted by molar-refractivity contribution is 7.89. The third-order valence-corrected chi connectivity index (χ3v) is 4.87. The topological polar surface area (TPSA) is 78.6 Å². The van der Waals surface area contributed by atoms with Gasteiger partial charge in [0.2, 0.25) is 10.0 Å². The first-order valence-electron chi connectivity index (χ1n) is 6.73. The monoisotopic (exact) mass is 299 g/mol. The molecule has 5 nitrogen and oxygen atoms in total. The van der Waals surface area contributed by atoms with Crippen LogP contribution in [-0.4, -0.2) is 28.2 Å². The standard InChI is InChI=1S/C14H21NO4S/c1-10-11(2)14(20(15,16)17)4-3-13(10)19-9-12-5-7-18-8-6-12/h3-4,12H,5-9H2,1-2H3,(H2,15,16,17). The number of benzene rings is 1. The molecule has 1 aromatic rings. The van der Waals surface area contributed by atoms with E-state index >= 15 is 0 Å². The van der Waals surface area contributed by atoms with Gasteiger partial charge >= 0.3 is 0 Å². The molecule has 1 heterocycles. The zero-order valence-electron chi connectivity index (χ0n) is 11.9. The van der Waals surface area contributed by atoms with Crippen LogP contribution in [0.5, 0.6) is 5.75 Å². The molecule has 2 rings (SSSR count). The van der Waals surface area contributed by atoms with Crippen molar-refractivity contribution >= 4 is 10.0 Å². The summed E-state index contributed by atoms with van der Waals surface area (Å²) >= 11 is 0. The van der Waals surface area contributed by atoms with Gasteiger partial charge in [0.15, 0.2) is 0 Å². The second-order valence-electron chi connectivity index (χ2n) is 5.22. The normalized spacial score (nSPS) is 17.1. The van der Waals surface area contributed by atoms with Gasteiger partial charge in [-0.05, 0) is 55.9 Å². The number of rotatable bonds is 4. The third-order valence-electron chi connectivity index (χ3n) is 3.81. The zero-order valence-corrected chi connectivity index (χ0v) is 12.7. The quantitative estimate of drug-likeness (QED) is 0.918. The Labute approximate surface area is 120 Å². The summed E-state index contributed by atoms with van der Waals surface area (Å²) in [4.78, 5) is 0.161. The summed E-state index contributed by atoms with van der Waals surface area (Å²) in [7, 11) is -3.68. The van der Waals surface area contributed by atoms with Gasteiger partial charge in [0, 0.05) is 13.2 Å². The molecular formula is C14H21NO4S. The average Bonchev–Trinajstić information content (AvgIpc) is 2.40. The van der Waals surface area contributed by atoms with Gasteiger partial charge in [0.25, 0.3) is 0 Å². The van der Waals surface area contributed by atoms with Crippen LogP contribution in [0.3, 0.4) is 0 Å². The lowest BCUT2D eigenvalue weighted by molar-refractivity contribution is 0.0496. The van der Waals surface area contributed by atoms with Gasteiger partial charge in [-0.1, -0.05) is 0 Å². The van der Waals surface area contributed by atoms with Gasteiger partial charge in [0.05, 0.1) is 11.5 Å². The molecule has 0 atom stereocenters. The minimum atomic E-state index is -3.68. The van der Waals surface area contributed by atoms with E-state index in [9.17, 15) is 8.42 Å². The van der Waals surface area contributed by atoms with Crippen molar-refractivity contribution < 1.29 is 17.9 Å². The van der Waals surface area contributed by atoms with Crippen LogP contribution in [0.15, 0.2) is 17.0 Å². The van der Waals surface area contributed by atoms with Crippen molar-refractivity contribution in [3.63, 3.8) is 0 Å². The maximum absolute atomic E-state index is 11.4. The Bertz CT molecular complexity index is 577. The van der Waals surface area contributed by atoms with E-state index in [4.69, 9.17) is 14.6 Å². The van der Waals surface area contributed by atoms with Gasteiger partial charge < -0.3 is 9.47 Å². The van der Waals surface area contributed by atoms with Crippen LogP contribution in [0.25, 0.3) is 0 Å². The van der Waals surface area contributed by atoms with E-state index in [1.54, 1.807) is 13.0 Å². The first kappa shape index (κ1) is 15.3. The molecule has 6 heteroatoms. The molecule has 112 valence electrons. The van der Waals surface area contributed by atoms with Gasteiger partial charge in [-0.15, -0.1) is 0 Å². The van der Waals surface area contributed by atoms with E-state index < -0.39 is 10.0 Å². The molecule has 1 fully saturated rings. The molecule has 0 bridgehead atoms. The van der Waals surface area contributed by atoms with Crippen molar-refractivity contribution in [1.82, 2.24) is 0 Å². The minimum absolute atomic E-state index is 0.161. The first-order valence-corrected chi connectivity index (χ1v) is 8.28. The van der Waals surface area contributed by atoms with Gasteiger partial charge in [-0.3, -0.25) is 0 Å². The molecule has 20 heavy (non-hydrogen) atoms. The lowest BCUT2D eigenvalue weighted by Crippen LogP contribution is -2.21. The number of ether oxygens (including phenoxy) is 2. The second-order valence-corrected chi connectivity index (χ2v) is 6.75. The summed E-state index contributed by atoms with van der Waals surface area (Å²) in [6.07, 6.45) is 2.01. The maximum Gasteiger partial charge on any atom is 0.238 e. The highest BCUT2D eigenvalue weighted by Gasteiger charge is 2.18. The molecule has 0 amide bonds. The SMILES string of the molecule is Cc1c(OCC2CCOCC2)ccc(S(N)(=O)=O)c1C. The van der Waals surface area contributed by atoms with Gasteiger partial charge in [-0.2, -0.15) is 0 Å². The lowest BCUT2D eigenvalue weighted by atomic mass is 10.0. The van der Waals surface area contributed by atoms with Gasteiger partial charge in [0.1, 0.15) is 5.75 Å².